The molecule has 1 N–H and O–H groups in total. The average Bonchev–Trinajstić information content (AvgIpc) is 2.53. The molecule has 1 fully saturated rings. The number of nitrogens with zero attached hydrogens (tertiary/aromatic N) is 3. The highest BCUT2D eigenvalue weighted by Crippen LogP contribution is 2.16. The van der Waals surface area contributed by atoms with Crippen molar-refractivity contribution in [2.24, 2.45) is 5.92 Å². The van der Waals surface area contributed by atoms with Crippen LogP contribution < -0.4 is 5.32 Å². The van der Waals surface area contributed by atoms with E-state index < -0.39 is 0 Å². The van der Waals surface area contributed by atoms with Crippen LogP contribution in [0, 0.1) is 17.2 Å². The Labute approximate surface area is 125 Å². The van der Waals surface area contributed by atoms with Gasteiger partial charge in [0.2, 0.25) is 0 Å². The summed E-state index contributed by atoms with van der Waals surface area (Å²) in [4.78, 5) is 18.1. The SMILES string of the molecule is CC1CCN(/C=C(/C#N)C(=O)NCc2cccnc2)CC1. The first kappa shape index (κ1) is 15.0. The van der Waals surface area contributed by atoms with Crippen LogP contribution in [0.2, 0.25) is 0 Å². The van der Waals surface area contributed by atoms with Crippen molar-refractivity contribution in [3.63, 3.8) is 0 Å². The lowest BCUT2D eigenvalue weighted by Crippen LogP contribution is -2.31. The molecule has 1 saturated heterocycles. The molecule has 2 heterocycles. The number of hydrogen-bond donors (Lipinski definition) is 1. The highest BCUT2D eigenvalue weighted by molar-refractivity contribution is 5.97. The van der Waals surface area contributed by atoms with E-state index in [0.29, 0.717) is 6.54 Å². The topological polar surface area (TPSA) is 69.0 Å². The lowest BCUT2D eigenvalue weighted by Gasteiger charge is -2.29. The fourth-order valence-electron chi connectivity index (χ4n) is 2.26. The van der Waals surface area contributed by atoms with Gasteiger partial charge in [-0.3, -0.25) is 9.78 Å². The van der Waals surface area contributed by atoms with E-state index in [0.717, 1.165) is 37.4 Å². The lowest BCUT2D eigenvalue weighted by molar-refractivity contribution is -0.117. The van der Waals surface area contributed by atoms with Gasteiger partial charge in [0.1, 0.15) is 11.6 Å². The molecule has 0 saturated carbocycles. The highest BCUT2D eigenvalue weighted by atomic mass is 16.1. The molecule has 1 aliphatic rings. The number of carbonyl (C=O) groups is 1. The van der Waals surface area contributed by atoms with Gasteiger partial charge in [-0.2, -0.15) is 5.26 Å². The molecule has 0 unspecified atom stereocenters. The fourth-order valence-corrected chi connectivity index (χ4v) is 2.26. The van der Waals surface area contributed by atoms with E-state index in [2.05, 4.69) is 22.1 Å². The van der Waals surface area contributed by atoms with E-state index in [1.165, 1.54) is 0 Å². The summed E-state index contributed by atoms with van der Waals surface area (Å²) in [5.74, 6) is 0.388. The van der Waals surface area contributed by atoms with Crippen LogP contribution in [0.3, 0.4) is 0 Å². The summed E-state index contributed by atoms with van der Waals surface area (Å²) in [6, 6.07) is 5.69. The van der Waals surface area contributed by atoms with E-state index in [-0.39, 0.29) is 11.5 Å². The largest absolute Gasteiger partial charge is 0.376 e. The van der Waals surface area contributed by atoms with Crippen molar-refractivity contribution in [2.75, 3.05) is 13.1 Å². The number of rotatable bonds is 4. The highest BCUT2D eigenvalue weighted by Gasteiger charge is 2.16. The van der Waals surface area contributed by atoms with Crippen molar-refractivity contribution in [3.8, 4) is 6.07 Å². The monoisotopic (exact) mass is 284 g/mol. The normalized spacial score (nSPS) is 16.4. The van der Waals surface area contributed by atoms with Gasteiger partial charge in [-0.25, -0.2) is 0 Å². The standard InChI is InChI=1S/C16H20N4O/c1-13-4-7-20(8-5-13)12-15(9-17)16(21)19-11-14-3-2-6-18-10-14/h2-3,6,10,12-13H,4-5,7-8,11H2,1H3,(H,19,21)/b15-12-. The zero-order valence-corrected chi connectivity index (χ0v) is 12.2. The minimum absolute atomic E-state index is 0.161. The smallest absolute Gasteiger partial charge is 0.263 e. The maximum absolute atomic E-state index is 12.0. The van der Waals surface area contributed by atoms with Gasteiger partial charge in [-0.15, -0.1) is 0 Å². The Morgan fingerprint density at radius 3 is 2.95 bits per heavy atom. The van der Waals surface area contributed by atoms with Crippen molar-refractivity contribution in [1.29, 1.82) is 5.26 Å². The van der Waals surface area contributed by atoms with E-state index in [1.807, 2.05) is 18.2 Å². The minimum atomic E-state index is -0.333. The molecule has 1 aromatic rings. The second-order valence-electron chi connectivity index (χ2n) is 5.42. The van der Waals surface area contributed by atoms with E-state index in [4.69, 9.17) is 5.26 Å². The summed E-state index contributed by atoms with van der Waals surface area (Å²) in [6.45, 7) is 4.42. The molecule has 0 aliphatic carbocycles. The van der Waals surface area contributed by atoms with Crippen LogP contribution >= 0.6 is 0 Å². The molecule has 1 aliphatic heterocycles. The molecule has 2 rings (SSSR count). The van der Waals surface area contributed by atoms with E-state index in [9.17, 15) is 4.79 Å². The molecule has 1 amide bonds. The number of nitrogens with one attached hydrogen (secondary N) is 1. The molecular weight excluding hydrogens is 264 g/mol. The van der Waals surface area contributed by atoms with Crippen molar-refractivity contribution in [1.82, 2.24) is 15.2 Å². The van der Waals surface area contributed by atoms with Crippen molar-refractivity contribution in [2.45, 2.75) is 26.3 Å². The Bertz CT molecular complexity index is 539. The first-order valence-corrected chi connectivity index (χ1v) is 7.22. The first-order valence-electron chi connectivity index (χ1n) is 7.22. The van der Waals surface area contributed by atoms with Crippen LogP contribution in [-0.4, -0.2) is 28.9 Å². The number of likely N-dealkylation sites (tertiary alicyclic amines) is 1. The van der Waals surface area contributed by atoms with Gasteiger partial charge in [0, 0.05) is 38.2 Å². The van der Waals surface area contributed by atoms with Crippen LogP contribution in [0.1, 0.15) is 25.3 Å². The molecule has 5 nitrogen and oxygen atoms in total. The van der Waals surface area contributed by atoms with Gasteiger partial charge in [-0.1, -0.05) is 13.0 Å². The van der Waals surface area contributed by atoms with Crippen molar-refractivity contribution < 1.29 is 4.79 Å². The summed E-state index contributed by atoms with van der Waals surface area (Å²) in [6.07, 6.45) is 7.27. The number of pyridine rings is 1. The molecule has 0 spiro atoms. The van der Waals surface area contributed by atoms with Crippen LogP contribution in [0.4, 0.5) is 0 Å². The summed E-state index contributed by atoms with van der Waals surface area (Å²) < 4.78 is 0. The minimum Gasteiger partial charge on any atom is -0.376 e. The van der Waals surface area contributed by atoms with Gasteiger partial charge < -0.3 is 10.2 Å². The quantitative estimate of drug-likeness (QED) is 0.676. The zero-order chi connectivity index (χ0) is 15.1. The number of aromatic nitrogens is 1. The van der Waals surface area contributed by atoms with Gasteiger partial charge in [-0.05, 0) is 30.4 Å². The summed E-state index contributed by atoms with van der Waals surface area (Å²) in [5, 5.41) is 11.9. The number of carbonyl (C=O) groups excluding carboxylic acids is 1. The van der Waals surface area contributed by atoms with Gasteiger partial charge in [0.05, 0.1) is 0 Å². The van der Waals surface area contributed by atoms with Crippen molar-refractivity contribution >= 4 is 5.91 Å². The number of nitriles is 1. The Morgan fingerprint density at radius 2 is 2.33 bits per heavy atom. The third kappa shape index (κ3) is 4.60. The summed E-state index contributed by atoms with van der Waals surface area (Å²) in [7, 11) is 0. The Kier molecular flexibility index (Phi) is 5.33. The molecule has 0 aromatic carbocycles. The number of amides is 1. The number of piperidine rings is 1. The zero-order valence-electron chi connectivity index (χ0n) is 12.2. The molecule has 0 radical (unpaired) electrons. The molecule has 110 valence electrons. The Balaban J connectivity index is 1.91. The first-order chi connectivity index (χ1) is 10.2. The fraction of sp³-hybridized carbons (Fsp3) is 0.438. The summed E-state index contributed by atoms with van der Waals surface area (Å²) >= 11 is 0. The van der Waals surface area contributed by atoms with Gasteiger partial charge in [0.25, 0.3) is 5.91 Å². The Hall–Kier alpha value is -2.35. The van der Waals surface area contributed by atoms with E-state index >= 15 is 0 Å². The predicted molar refractivity (Wildman–Crippen MR) is 79.8 cm³/mol. The molecule has 0 bridgehead atoms. The maximum Gasteiger partial charge on any atom is 0.263 e. The average molecular weight is 284 g/mol. The third-order valence-corrected chi connectivity index (χ3v) is 3.67. The van der Waals surface area contributed by atoms with Gasteiger partial charge >= 0.3 is 0 Å². The number of hydrogen-bond acceptors (Lipinski definition) is 4. The molecule has 0 atom stereocenters. The van der Waals surface area contributed by atoms with Crippen molar-refractivity contribution in [3.05, 3.63) is 41.9 Å². The third-order valence-electron chi connectivity index (χ3n) is 3.67. The van der Waals surface area contributed by atoms with Gasteiger partial charge in [0.15, 0.2) is 0 Å². The van der Waals surface area contributed by atoms with Crippen LogP contribution in [0.5, 0.6) is 0 Å². The maximum atomic E-state index is 12.0. The Morgan fingerprint density at radius 1 is 1.57 bits per heavy atom. The molecule has 21 heavy (non-hydrogen) atoms. The van der Waals surface area contributed by atoms with Crippen LogP contribution in [0.25, 0.3) is 0 Å². The predicted octanol–water partition coefficient (Wildman–Crippen LogP) is 1.84. The second-order valence-corrected chi connectivity index (χ2v) is 5.42. The van der Waals surface area contributed by atoms with Crippen LogP contribution in [-0.2, 0) is 11.3 Å². The van der Waals surface area contributed by atoms with E-state index in [1.54, 1.807) is 18.6 Å². The molecular formula is C16H20N4O. The summed E-state index contributed by atoms with van der Waals surface area (Å²) in [5.41, 5.74) is 1.07. The second kappa shape index (κ2) is 7.44. The lowest BCUT2D eigenvalue weighted by atomic mass is 9.99. The molecule has 5 heteroatoms. The molecule has 1 aromatic heterocycles. The van der Waals surface area contributed by atoms with Crippen LogP contribution in [0.15, 0.2) is 36.3 Å².